The van der Waals surface area contributed by atoms with E-state index in [9.17, 15) is 9.59 Å². The molecule has 39 heavy (non-hydrogen) atoms. The van der Waals surface area contributed by atoms with Crippen LogP contribution in [0.15, 0.2) is 91.0 Å². The lowest BCUT2D eigenvalue weighted by atomic mass is 10.0. The van der Waals surface area contributed by atoms with Crippen molar-refractivity contribution in [3.05, 3.63) is 96.6 Å². The molecular weight excluding hydrogens is 488 g/mol. The van der Waals surface area contributed by atoms with E-state index in [1.165, 1.54) is 6.92 Å². The molecule has 0 spiro atoms. The van der Waals surface area contributed by atoms with Crippen LogP contribution in [0.3, 0.4) is 0 Å². The third-order valence-electron chi connectivity index (χ3n) is 6.68. The van der Waals surface area contributed by atoms with E-state index in [4.69, 9.17) is 9.97 Å². The second kappa shape index (κ2) is 12.2. The van der Waals surface area contributed by atoms with E-state index in [1.807, 2.05) is 83.8 Å². The molecule has 4 aromatic rings. The highest BCUT2D eigenvalue weighted by Gasteiger charge is 2.24. The maximum Gasteiger partial charge on any atom is 0.253 e. The van der Waals surface area contributed by atoms with Crippen LogP contribution in [-0.4, -0.2) is 66.0 Å². The fourth-order valence-electron chi connectivity index (χ4n) is 4.59. The van der Waals surface area contributed by atoms with Gasteiger partial charge >= 0.3 is 0 Å². The van der Waals surface area contributed by atoms with Gasteiger partial charge in [-0.15, -0.1) is 0 Å². The summed E-state index contributed by atoms with van der Waals surface area (Å²) in [6, 6.07) is 29.8. The van der Waals surface area contributed by atoms with Crippen LogP contribution < -0.4 is 15.5 Å². The number of rotatable bonds is 8. The number of carbonyl (C=O) groups excluding carboxylic acids is 2. The number of nitrogens with one attached hydrogen (secondary N) is 2. The van der Waals surface area contributed by atoms with Gasteiger partial charge in [-0.2, -0.15) is 0 Å². The van der Waals surface area contributed by atoms with E-state index < -0.39 is 0 Å². The second-order valence-electron chi connectivity index (χ2n) is 9.43. The van der Waals surface area contributed by atoms with Crippen molar-refractivity contribution in [1.82, 2.24) is 20.2 Å². The summed E-state index contributed by atoms with van der Waals surface area (Å²) >= 11 is 0. The summed E-state index contributed by atoms with van der Waals surface area (Å²) in [4.78, 5) is 38.1. The van der Waals surface area contributed by atoms with Crippen LogP contribution in [0.5, 0.6) is 0 Å². The van der Waals surface area contributed by atoms with Crippen LogP contribution in [0.2, 0.25) is 0 Å². The Labute approximate surface area is 228 Å². The second-order valence-corrected chi connectivity index (χ2v) is 9.43. The van der Waals surface area contributed by atoms with E-state index in [0.29, 0.717) is 56.5 Å². The largest absolute Gasteiger partial charge is 0.368 e. The number of anilines is 2. The molecule has 3 aromatic carbocycles. The van der Waals surface area contributed by atoms with Crippen molar-refractivity contribution in [2.45, 2.75) is 6.92 Å². The molecule has 0 aliphatic carbocycles. The van der Waals surface area contributed by atoms with Gasteiger partial charge < -0.3 is 20.4 Å². The molecule has 8 nitrogen and oxygen atoms in total. The molecule has 8 heteroatoms. The fourth-order valence-corrected chi connectivity index (χ4v) is 4.59. The van der Waals surface area contributed by atoms with E-state index in [0.717, 1.165) is 22.5 Å². The normalized spacial score (nSPS) is 13.2. The van der Waals surface area contributed by atoms with Gasteiger partial charge in [-0.1, -0.05) is 72.8 Å². The first-order valence-corrected chi connectivity index (χ1v) is 13.2. The Kier molecular flexibility index (Phi) is 8.12. The summed E-state index contributed by atoms with van der Waals surface area (Å²) in [5.74, 6) is 2.12. The monoisotopic (exact) mass is 520 g/mol. The van der Waals surface area contributed by atoms with Crippen molar-refractivity contribution in [2.24, 2.45) is 0 Å². The number of carbonyl (C=O) groups is 2. The van der Waals surface area contributed by atoms with E-state index in [-0.39, 0.29) is 11.8 Å². The lowest BCUT2D eigenvalue weighted by molar-refractivity contribution is -0.118. The molecule has 1 aliphatic heterocycles. The molecule has 1 aromatic heterocycles. The van der Waals surface area contributed by atoms with Gasteiger partial charge in [0.05, 0.1) is 0 Å². The minimum Gasteiger partial charge on any atom is -0.368 e. The van der Waals surface area contributed by atoms with Gasteiger partial charge in [0, 0.05) is 63.4 Å². The maximum absolute atomic E-state index is 13.2. The molecule has 0 atom stereocenters. The predicted molar refractivity (Wildman–Crippen MR) is 155 cm³/mol. The van der Waals surface area contributed by atoms with Gasteiger partial charge in [-0.3, -0.25) is 9.59 Å². The molecule has 2 amide bonds. The predicted octanol–water partition coefficient (Wildman–Crippen LogP) is 4.32. The number of piperazine rings is 1. The lowest BCUT2D eigenvalue weighted by Gasteiger charge is -2.35. The Morgan fingerprint density at radius 1 is 0.744 bits per heavy atom. The Bertz CT molecular complexity index is 1400. The number of nitrogens with zero attached hydrogens (tertiary/aromatic N) is 4. The highest BCUT2D eigenvalue weighted by Crippen LogP contribution is 2.24. The first-order valence-electron chi connectivity index (χ1n) is 13.2. The van der Waals surface area contributed by atoms with Crippen molar-refractivity contribution >= 4 is 23.5 Å². The molecule has 1 fully saturated rings. The zero-order valence-electron chi connectivity index (χ0n) is 22.0. The van der Waals surface area contributed by atoms with Gasteiger partial charge in [-0.25, -0.2) is 9.97 Å². The molecule has 0 bridgehead atoms. The summed E-state index contributed by atoms with van der Waals surface area (Å²) in [5.41, 5.74) is 3.85. The molecule has 198 valence electrons. The highest BCUT2D eigenvalue weighted by atomic mass is 16.2. The Morgan fingerprint density at radius 3 is 2.00 bits per heavy atom. The average Bonchev–Trinajstić information content (AvgIpc) is 3.00. The number of benzene rings is 3. The number of hydrogen-bond donors (Lipinski definition) is 2. The molecule has 0 saturated carbocycles. The fraction of sp³-hybridized carbons (Fsp3) is 0.226. The zero-order valence-corrected chi connectivity index (χ0v) is 22.0. The molecule has 0 unspecified atom stereocenters. The first-order chi connectivity index (χ1) is 19.1. The maximum atomic E-state index is 13.2. The third kappa shape index (κ3) is 6.59. The highest BCUT2D eigenvalue weighted by molar-refractivity contribution is 5.95. The lowest BCUT2D eigenvalue weighted by Crippen LogP contribution is -2.49. The van der Waals surface area contributed by atoms with Crippen molar-refractivity contribution in [3.63, 3.8) is 0 Å². The van der Waals surface area contributed by atoms with Crippen LogP contribution in [0.4, 0.5) is 11.6 Å². The van der Waals surface area contributed by atoms with E-state index >= 15 is 0 Å². The quantitative estimate of drug-likeness (QED) is 0.336. The van der Waals surface area contributed by atoms with Gasteiger partial charge in [-0.05, 0) is 23.3 Å². The summed E-state index contributed by atoms with van der Waals surface area (Å²) in [6.45, 7) is 5.11. The van der Waals surface area contributed by atoms with Crippen LogP contribution in [0.1, 0.15) is 17.3 Å². The SMILES string of the molecule is CC(=O)NCCNc1cc(N2CCN(C(=O)c3ccc(-c4ccccc4)cc3)CC2)nc(-c2ccccc2)n1. The van der Waals surface area contributed by atoms with Gasteiger partial charge in [0.1, 0.15) is 11.6 Å². The standard InChI is InChI=1S/C31H32N6O2/c1-23(38)32-16-17-33-28-22-29(35-30(34-28)26-10-6-3-7-11-26)36-18-20-37(21-19-36)31(39)27-14-12-25(13-15-27)24-8-4-2-5-9-24/h2-15,22H,16-21H2,1H3,(H,32,38)(H,33,34,35). The Balaban J connectivity index is 1.26. The van der Waals surface area contributed by atoms with E-state index in [2.05, 4.69) is 27.7 Å². The molecule has 2 heterocycles. The van der Waals surface area contributed by atoms with Gasteiger partial charge in [0.25, 0.3) is 5.91 Å². The topological polar surface area (TPSA) is 90.5 Å². The van der Waals surface area contributed by atoms with Crippen LogP contribution in [-0.2, 0) is 4.79 Å². The summed E-state index contributed by atoms with van der Waals surface area (Å²) < 4.78 is 0. The Morgan fingerprint density at radius 2 is 1.36 bits per heavy atom. The smallest absolute Gasteiger partial charge is 0.253 e. The minimum absolute atomic E-state index is 0.0438. The van der Waals surface area contributed by atoms with Crippen LogP contribution in [0, 0.1) is 0 Å². The molecular formula is C31H32N6O2. The Hall–Kier alpha value is -4.72. The summed E-state index contributed by atoms with van der Waals surface area (Å²) in [7, 11) is 0. The van der Waals surface area contributed by atoms with E-state index in [1.54, 1.807) is 0 Å². The number of aromatic nitrogens is 2. The molecule has 0 radical (unpaired) electrons. The van der Waals surface area contributed by atoms with Gasteiger partial charge in [0.15, 0.2) is 5.82 Å². The number of hydrogen-bond acceptors (Lipinski definition) is 6. The van der Waals surface area contributed by atoms with Crippen LogP contribution in [0.25, 0.3) is 22.5 Å². The zero-order chi connectivity index (χ0) is 27.0. The number of amides is 2. The van der Waals surface area contributed by atoms with Crippen molar-refractivity contribution in [3.8, 4) is 22.5 Å². The van der Waals surface area contributed by atoms with Crippen molar-refractivity contribution < 1.29 is 9.59 Å². The third-order valence-corrected chi connectivity index (χ3v) is 6.68. The first kappa shape index (κ1) is 25.9. The molecule has 5 rings (SSSR count). The van der Waals surface area contributed by atoms with Crippen LogP contribution >= 0.6 is 0 Å². The average molecular weight is 521 g/mol. The molecule has 2 N–H and O–H groups in total. The van der Waals surface area contributed by atoms with Crippen molar-refractivity contribution in [2.75, 3.05) is 49.5 Å². The molecule has 1 saturated heterocycles. The minimum atomic E-state index is -0.0651. The summed E-state index contributed by atoms with van der Waals surface area (Å²) in [5, 5.41) is 6.08. The van der Waals surface area contributed by atoms with Gasteiger partial charge in [0.2, 0.25) is 5.91 Å². The van der Waals surface area contributed by atoms with Crippen molar-refractivity contribution in [1.29, 1.82) is 0 Å². The summed E-state index contributed by atoms with van der Waals surface area (Å²) in [6.07, 6.45) is 0. The molecule has 1 aliphatic rings.